The fourth-order valence-corrected chi connectivity index (χ4v) is 2.53. The first kappa shape index (κ1) is 18.1. The van der Waals surface area contributed by atoms with Crippen LogP contribution in [0.1, 0.15) is 30.8 Å². The van der Waals surface area contributed by atoms with Gasteiger partial charge in [0, 0.05) is 17.0 Å². The Morgan fingerprint density at radius 2 is 1.88 bits per heavy atom. The Labute approximate surface area is 155 Å². The summed E-state index contributed by atoms with van der Waals surface area (Å²) in [6, 6.07) is 12.8. The van der Waals surface area contributed by atoms with Gasteiger partial charge in [0.2, 0.25) is 5.91 Å². The first-order chi connectivity index (χ1) is 12.5. The smallest absolute Gasteiger partial charge is 0.257 e. The van der Waals surface area contributed by atoms with Crippen molar-refractivity contribution in [1.29, 1.82) is 0 Å². The zero-order valence-corrected chi connectivity index (χ0v) is 14.8. The zero-order valence-electron chi connectivity index (χ0n) is 14.1. The number of carbonyl (C=O) groups excluding carboxylic acids is 1. The van der Waals surface area contributed by atoms with Crippen LogP contribution >= 0.6 is 11.6 Å². The number of rotatable bonds is 6. The summed E-state index contributed by atoms with van der Waals surface area (Å²) in [5.41, 5.74) is 1.65. The van der Waals surface area contributed by atoms with Crippen LogP contribution < -0.4 is 5.32 Å². The number of carbonyl (C=O) groups is 1. The molecule has 0 aliphatic carbocycles. The van der Waals surface area contributed by atoms with Crippen molar-refractivity contribution in [2.75, 3.05) is 0 Å². The maximum absolute atomic E-state index is 12.9. The second-order valence-corrected chi connectivity index (χ2v) is 6.32. The molecular formula is C19H17ClFN3O2. The molecule has 0 aliphatic heterocycles. The van der Waals surface area contributed by atoms with Gasteiger partial charge >= 0.3 is 0 Å². The monoisotopic (exact) mass is 373 g/mol. The molecule has 1 aromatic heterocycles. The normalized spacial score (nSPS) is 12.0. The molecule has 0 bridgehead atoms. The second-order valence-electron chi connectivity index (χ2n) is 5.88. The average Bonchev–Trinajstić information content (AvgIpc) is 3.12. The van der Waals surface area contributed by atoms with Gasteiger partial charge in [0.1, 0.15) is 5.82 Å². The first-order valence-electron chi connectivity index (χ1n) is 8.14. The molecule has 0 spiro atoms. The Kier molecular flexibility index (Phi) is 5.63. The molecule has 0 fully saturated rings. The maximum Gasteiger partial charge on any atom is 0.257 e. The third kappa shape index (κ3) is 4.67. The number of halogens is 2. The van der Waals surface area contributed by atoms with Gasteiger partial charge in [-0.1, -0.05) is 28.9 Å². The molecule has 7 heteroatoms. The Balaban J connectivity index is 1.55. The molecule has 26 heavy (non-hydrogen) atoms. The standard InChI is InChI=1S/C19H17ClFN3O2/c1-12(22-17(25)11-4-13-2-9-16(21)10-3-13)18-23-19(26-24-18)14-5-7-15(20)8-6-14/h2-3,5-10,12H,4,11H2,1H3,(H,22,25)/t12-/m1/s1. The highest BCUT2D eigenvalue weighted by Crippen LogP contribution is 2.21. The molecule has 134 valence electrons. The first-order valence-corrected chi connectivity index (χ1v) is 8.52. The molecule has 1 atom stereocenters. The highest BCUT2D eigenvalue weighted by Gasteiger charge is 2.17. The molecule has 0 aliphatic rings. The predicted molar refractivity (Wildman–Crippen MR) is 96.0 cm³/mol. The summed E-state index contributed by atoms with van der Waals surface area (Å²) >= 11 is 5.86. The van der Waals surface area contributed by atoms with Gasteiger partial charge in [0.25, 0.3) is 5.89 Å². The van der Waals surface area contributed by atoms with E-state index in [1.807, 2.05) is 0 Å². The van der Waals surface area contributed by atoms with Gasteiger partial charge in [-0.2, -0.15) is 4.98 Å². The van der Waals surface area contributed by atoms with E-state index in [2.05, 4.69) is 15.5 Å². The molecule has 2 aromatic carbocycles. The molecule has 5 nitrogen and oxygen atoms in total. The van der Waals surface area contributed by atoms with Crippen LogP contribution in [0.15, 0.2) is 53.1 Å². The van der Waals surface area contributed by atoms with Crippen LogP contribution in [-0.4, -0.2) is 16.0 Å². The van der Waals surface area contributed by atoms with Crippen LogP contribution in [0.25, 0.3) is 11.5 Å². The van der Waals surface area contributed by atoms with Crippen molar-refractivity contribution >= 4 is 17.5 Å². The van der Waals surface area contributed by atoms with E-state index < -0.39 is 0 Å². The van der Waals surface area contributed by atoms with E-state index in [1.165, 1.54) is 12.1 Å². The van der Waals surface area contributed by atoms with Gasteiger partial charge < -0.3 is 9.84 Å². The maximum atomic E-state index is 12.9. The van der Waals surface area contributed by atoms with Gasteiger partial charge in [-0.15, -0.1) is 0 Å². The van der Waals surface area contributed by atoms with Crippen LogP contribution in [0.2, 0.25) is 5.02 Å². The van der Waals surface area contributed by atoms with Crippen LogP contribution in [0.3, 0.4) is 0 Å². The van der Waals surface area contributed by atoms with Crippen molar-refractivity contribution in [2.45, 2.75) is 25.8 Å². The second kappa shape index (κ2) is 8.10. The third-order valence-corrected chi connectivity index (χ3v) is 4.10. The van der Waals surface area contributed by atoms with Gasteiger partial charge in [-0.25, -0.2) is 4.39 Å². The lowest BCUT2D eigenvalue weighted by Gasteiger charge is -2.09. The quantitative estimate of drug-likeness (QED) is 0.698. The summed E-state index contributed by atoms with van der Waals surface area (Å²) in [6.07, 6.45) is 0.818. The summed E-state index contributed by atoms with van der Waals surface area (Å²) in [7, 11) is 0. The SMILES string of the molecule is C[C@@H](NC(=O)CCc1ccc(F)cc1)c1noc(-c2ccc(Cl)cc2)n1. The summed E-state index contributed by atoms with van der Waals surface area (Å²) in [4.78, 5) is 16.4. The van der Waals surface area contributed by atoms with Crippen LogP contribution in [0.4, 0.5) is 4.39 Å². The van der Waals surface area contributed by atoms with Gasteiger partial charge in [0.15, 0.2) is 5.82 Å². The van der Waals surface area contributed by atoms with E-state index in [0.717, 1.165) is 11.1 Å². The Bertz CT molecular complexity index is 879. The van der Waals surface area contributed by atoms with Crippen molar-refractivity contribution < 1.29 is 13.7 Å². The van der Waals surface area contributed by atoms with Gasteiger partial charge in [-0.05, 0) is 55.3 Å². The van der Waals surface area contributed by atoms with Crippen molar-refractivity contribution in [3.05, 3.63) is 70.8 Å². The van der Waals surface area contributed by atoms with Crippen molar-refractivity contribution in [3.63, 3.8) is 0 Å². The van der Waals surface area contributed by atoms with Gasteiger partial charge in [-0.3, -0.25) is 4.79 Å². The molecule has 0 radical (unpaired) electrons. The summed E-state index contributed by atoms with van der Waals surface area (Å²) in [6.45, 7) is 1.78. The van der Waals surface area contributed by atoms with Gasteiger partial charge in [0.05, 0.1) is 6.04 Å². The molecular weight excluding hydrogens is 357 g/mol. The minimum Gasteiger partial charge on any atom is -0.346 e. The Hall–Kier alpha value is -2.73. The minimum absolute atomic E-state index is 0.139. The highest BCUT2D eigenvalue weighted by atomic mass is 35.5. The van der Waals surface area contributed by atoms with Crippen LogP contribution in [-0.2, 0) is 11.2 Å². The number of nitrogens with zero attached hydrogens (tertiary/aromatic N) is 2. The van der Waals surface area contributed by atoms with E-state index in [9.17, 15) is 9.18 Å². The molecule has 0 saturated heterocycles. The summed E-state index contributed by atoms with van der Waals surface area (Å²) in [5, 5.41) is 7.37. The lowest BCUT2D eigenvalue weighted by atomic mass is 10.1. The van der Waals surface area contributed by atoms with E-state index in [1.54, 1.807) is 43.3 Å². The number of aryl methyl sites for hydroxylation is 1. The molecule has 3 rings (SSSR count). The number of benzene rings is 2. The zero-order chi connectivity index (χ0) is 18.5. The van der Waals surface area contributed by atoms with E-state index in [4.69, 9.17) is 16.1 Å². The topological polar surface area (TPSA) is 68.0 Å². The number of aromatic nitrogens is 2. The molecule has 1 heterocycles. The number of nitrogens with one attached hydrogen (secondary N) is 1. The largest absolute Gasteiger partial charge is 0.346 e. The fourth-order valence-electron chi connectivity index (χ4n) is 2.41. The van der Waals surface area contributed by atoms with Crippen molar-refractivity contribution in [1.82, 2.24) is 15.5 Å². The van der Waals surface area contributed by atoms with E-state index in [-0.39, 0.29) is 24.2 Å². The lowest BCUT2D eigenvalue weighted by Crippen LogP contribution is -2.27. The average molecular weight is 374 g/mol. The number of amides is 1. The highest BCUT2D eigenvalue weighted by molar-refractivity contribution is 6.30. The molecule has 1 N–H and O–H groups in total. The minimum atomic E-state index is -0.388. The van der Waals surface area contributed by atoms with Crippen molar-refractivity contribution in [2.24, 2.45) is 0 Å². The van der Waals surface area contributed by atoms with E-state index in [0.29, 0.717) is 23.2 Å². The lowest BCUT2D eigenvalue weighted by molar-refractivity contribution is -0.121. The Morgan fingerprint density at radius 3 is 2.58 bits per heavy atom. The third-order valence-electron chi connectivity index (χ3n) is 3.85. The number of hydrogen-bond donors (Lipinski definition) is 1. The van der Waals surface area contributed by atoms with Crippen molar-refractivity contribution in [3.8, 4) is 11.5 Å². The molecule has 0 saturated carbocycles. The summed E-state index contributed by atoms with van der Waals surface area (Å²) in [5.74, 6) is 0.328. The fraction of sp³-hybridized carbons (Fsp3) is 0.211. The summed E-state index contributed by atoms with van der Waals surface area (Å²) < 4.78 is 18.1. The van der Waals surface area contributed by atoms with E-state index >= 15 is 0 Å². The molecule has 3 aromatic rings. The Morgan fingerprint density at radius 1 is 1.19 bits per heavy atom. The van der Waals surface area contributed by atoms with Crippen LogP contribution in [0.5, 0.6) is 0 Å². The molecule has 1 amide bonds. The predicted octanol–water partition coefficient (Wildman–Crippen LogP) is 4.34. The molecule has 0 unspecified atom stereocenters. The van der Waals surface area contributed by atoms with Crippen LogP contribution in [0, 0.1) is 5.82 Å². The number of hydrogen-bond acceptors (Lipinski definition) is 4.